The highest BCUT2D eigenvalue weighted by Gasteiger charge is 2.13. The molecule has 0 atom stereocenters. The van der Waals surface area contributed by atoms with Crippen molar-refractivity contribution in [3.05, 3.63) is 0 Å². The fraction of sp³-hybridized carbons (Fsp3) is 1.00. The maximum Gasteiger partial charge on any atom is -0.00255 e. The smallest absolute Gasteiger partial charge is 0.00255 e. The van der Waals surface area contributed by atoms with Crippen molar-refractivity contribution < 1.29 is 0 Å². The predicted octanol–water partition coefficient (Wildman–Crippen LogP) is 2.11. The van der Waals surface area contributed by atoms with E-state index in [-0.39, 0.29) is 0 Å². The summed E-state index contributed by atoms with van der Waals surface area (Å²) in [6, 6.07) is 0. The van der Waals surface area contributed by atoms with Crippen molar-refractivity contribution in [2.24, 2.45) is 11.1 Å². The molecule has 10 heavy (non-hydrogen) atoms. The normalized spacial score (nSPS) is 12.0. The molecule has 62 valence electrons. The van der Waals surface area contributed by atoms with Crippen molar-refractivity contribution in [1.82, 2.24) is 0 Å². The van der Waals surface area contributed by atoms with E-state index in [0.717, 1.165) is 6.54 Å². The van der Waals surface area contributed by atoms with Gasteiger partial charge in [-0.15, -0.1) is 0 Å². The molecule has 0 aromatic rings. The van der Waals surface area contributed by atoms with Crippen LogP contribution in [0.5, 0.6) is 0 Å². The monoisotopic (exact) mass is 161 g/mol. The summed E-state index contributed by atoms with van der Waals surface area (Å²) < 4.78 is 0. The molecule has 0 aromatic heterocycles. The van der Waals surface area contributed by atoms with Crippen molar-refractivity contribution in [2.75, 3.05) is 18.1 Å². The van der Waals surface area contributed by atoms with Crippen LogP contribution in [0.3, 0.4) is 0 Å². The van der Waals surface area contributed by atoms with E-state index in [1.807, 2.05) is 11.8 Å². The third-order valence-corrected chi connectivity index (χ3v) is 2.58. The first-order chi connectivity index (χ1) is 4.62. The third kappa shape index (κ3) is 5.12. The Kier molecular flexibility index (Phi) is 5.18. The van der Waals surface area contributed by atoms with Crippen molar-refractivity contribution in [3.8, 4) is 0 Å². The van der Waals surface area contributed by atoms with Crippen molar-refractivity contribution in [1.29, 1.82) is 0 Å². The molecular formula is C8H19NS. The lowest BCUT2D eigenvalue weighted by Gasteiger charge is -2.21. The Bertz CT molecular complexity index is 81.3. The minimum atomic E-state index is 0.349. The van der Waals surface area contributed by atoms with Crippen LogP contribution in [0.1, 0.15) is 27.2 Å². The van der Waals surface area contributed by atoms with Gasteiger partial charge in [-0.3, -0.25) is 0 Å². The highest BCUT2D eigenvalue weighted by molar-refractivity contribution is 7.99. The fourth-order valence-corrected chi connectivity index (χ4v) is 1.58. The van der Waals surface area contributed by atoms with Gasteiger partial charge in [0, 0.05) is 0 Å². The average Bonchev–Trinajstić information content (AvgIpc) is 1.89. The minimum Gasteiger partial charge on any atom is -0.330 e. The van der Waals surface area contributed by atoms with E-state index in [1.54, 1.807) is 0 Å². The zero-order valence-electron chi connectivity index (χ0n) is 7.31. The first-order valence-electron chi connectivity index (χ1n) is 3.90. The summed E-state index contributed by atoms with van der Waals surface area (Å²) >= 11 is 1.99. The summed E-state index contributed by atoms with van der Waals surface area (Å²) in [5, 5.41) is 0. The van der Waals surface area contributed by atoms with Crippen LogP contribution in [-0.2, 0) is 0 Å². The van der Waals surface area contributed by atoms with Crippen LogP contribution in [0.25, 0.3) is 0 Å². The standard InChI is InChI=1S/C8H19NS/c1-4-10-6-5-8(2,3)7-9/h4-7,9H2,1-3H3. The molecule has 0 saturated carbocycles. The maximum absolute atomic E-state index is 5.58. The first-order valence-corrected chi connectivity index (χ1v) is 5.05. The summed E-state index contributed by atoms with van der Waals surface area (Å²) in [6.07, 6.45) is 1.24. The summed E-state index contributed by atoms with van der Waals surface area (Å²) in [5.41, 5.74) is 5.93. The van der Waals surface area contributed by atoms with Gasteiger partial charge in [-0.25, -0.2) is 0 Å². The third-order valence-electron chi connectivity index (χ3n) is 1.68. The van der Waals surface area contributed by atoms with Gasteiger partial charge in [0.25, 0.3) is 0 Å². The Morgan fingerprint density at radius 3 is 2.40 bits per heavy atom. The van der Waals surface area contributed by atoms with Crippen molar-refractivity contribution in [3.63, 3.8) is 0 Å². The molecule has 0 aliphatic rings. The quantitative estimate of drug-likeness (QED) is 0.625. The molecule has 0 aromatic carbocycles. The van der Waals surface area contributed by atoms with Gasteiger partial charge in [-0.05, 0) is 29.9 Å². The molecule has 0 radical (unpaired) electrons. The molecule has 0 aliphatic carbocycles. The van der Waals surface area contributed by atoms with E-state index >= 15 is 0 Å². The lowest BCUT2D eigenvalue weighted by atomic mass is 9.91. The molecule has 2 N–H and O–H groups in total. The Morgan fingerprint density at radius 1 is 1.40 bits per heavy atom. The van der Waals surface area contributed by atoms with E-state index < -0.39 is 0 Å². The molecule has 0 bridgehead atoms. The van der Waals surface area contributed by atoms with E-state index in [0.29, 0.717) is 5.41 Å². The first kappa shape index (κ1) is 10.3. The van der Waals surface area contributed by atoms with Crippen LogP contribution in [-0.4, -0.2) is 18.1 Å². The SMILES string of the molecule is CCSCCC(C)(C)CN. The lowest BCUT2D eigenvalue weighted by Crippen LogP contribution is -2.24. The summed E-state index contributed by atoms with van der Waals surface area (Å²) in [7, 11) is 0. The predicted molar refractivity (Wildman–Crippen MR) is 50.5 cm³/mol. The Hall–Kier alpha value is 0.310. The van der Waals surface area contributed by atoms with Crippen LogP contribution < -0.4 is 5.73 Å². The van der Waals surface area contributed by atoms with E-state index in [1.165, 1.54) is 17.9 Å². The van der Waals surface area contributed by atoms with E-state index in [9.17, 15) is 0 Å². The average molecular weight is 161 g/mol. The highest BCUT2D eigenvalue weighted by atomic mass is 32.2. The second-order valence-corrected chi connectivity index (χ2v) is 4.71. The molecule has 0 spiro atoms. The lowest BCUT2D eigenvalue weighted by molar-refractivity contribution is 0.368. The van der Waals surface area contributed by atoms with Crippen LogP contribution in [0.15, 0.2) is 0 Å². The molecule has 1 nitrogen and oxygen atoms in total. The van der Waals surface area contributed by atoms with Crippen LogP contribution >= 0.6 is 11.8 Å². The summed E-state index contributed by atoms with van der Waals surface area (Å²) in [6.45, 7) is 7.45. The van der Waals surface area contributed by atoms with Gasteiger partial charge in [0.2, 0.25) is 0 Å². The summed E-state index contributed by atoms with van der Waals surface area (Å²) in [4.78, 5) is 0. The molecular weight excluding hydrogens is 142 g/mol. The molecule has 0 aliphatic heterocycles. The molecule has 2 heteroatoms. The van der Waals surface area contributed by atoms with Crippen LogP contribution in [0, 0.1) is 5.41 Å². The molecule has 0 fully saturated rings. The van der Waals surface area contributed by atoms with Gasteiger partial charge >= 0.3 is 0 Å². The largest absolute Gasteiger partial charge is 0.330 e. The Morgan fingerprint density at radius 2 is 2.00 bits per heavy atom. The number of hydrogen-bond donors (Lipinski definition) is 1. The maximum atomic E-state index is 5.58. The molecule has 0 rings (SSSR count). The summed E-state index contributed by atoms with van der Waals surface area (Å²) in [5.74, 6) is 2.47. The minimum absolute atomic E-state index is 0.349. The molecule has 0 amide bonds. The van der Waals surface area contributed by atoms with Gasteiger partial charge in [-0.2, -0.15) is 11.8 Å². The van der Waals surface area contributed by atoms with Crippen LogP contribution in [0.2, 0.25) is 0 Å². The topological polar surface area (TPSA) is 26.0 Å². The molecule has 0 heterocycles. The molecule has 0 saturated heterocycles. The van der Waals surface area contributed by atoms with Gasteiger partial charge in [0.05, 0.1) is 0 Å². The number of hydrogen-bond acceptors (Lipinski definition) is 2. The molecule has 0 unspecified atom stereocenters. The van der Waals surface area contributed by atoms with Crippen molar-refractivity contribution >= 4 is 11.8 Å². The van der Waals surface area contributed by atoms with E-state index in [2.05, 4.69) is 20.8 Å². The van der Waals surface area contributed by atoms with Gasteiger partial charge in [0.15, 0.2) is 0 Å². The Labute approximate surface area is 68.8 Å². The van der Waals surface area contributed by atoms with Gasteiger partial charge < -0.3 is 5.73 Å². The van der Waals surface area contributed by atoms with Crippen molar-refractivity contribution in [2.45, 2.75) is 27.2 Å². The van der Waals surface area contributed by atoms with E-state index in [4.69, 9.17) is 5.73 Å². The second kappa shape index (κ2) is 5.03. The number of rotatable bonds is 5. The van der Waals surface area contributed by atoms with Crippen LogP contribution in [0.4, 0.5) is 0 Å². The zero-order valence-corrected chi connectivity index (χ0v) is 8.13. The zero-order chi connectivity index (χ0) is 8.04. The fourth-order valence-electron chi connectivity index (χ4n) is 0.595. The number of thioether (sulfide) groups is 1. The number of nitrogens with two attached hydrogens (primary N) is 1. The van der Waals surface area contributed by atoms with Gasteiger partial charge in [0.1, 0.15) is 0 Å². The Balaban J connectivity index is 3.28. The van der Waals surface area contributed by atoms with Gasteiger partial charge in [-0.1, -0.05) is 20.8 Å². The highest BCUT2D eigenvalue weighted by Crippen LogP contribution is 2.20. The second-order valence-electron chi connectivity index (χ2n) is 3.32.